The number of halogens is 1. The van der Waals surface area contributed by atoms with Gasteiger partial charge >= 0.3 is 0 Å². The maximum atomic E-state index is 5.94. The zero-order valence-corrected chi connectivity index (χ0v) is 13.5. The number of aromatic nitrogens is 1. The van der Waals surface area contributed by atoms with Gasteiger partial charge in [0.2, 0.25) is 5.88 Å². The zero-order valence-electron chi connectivity index (χ0n) is 11.9. The van der Waals surface area contributed by atoms with Crippen molar-refractivity contribution in [1.29, 1.82) is 0 Å². The summed E-state index contributed by atoms with van der Waals surface area (Å²) < 4.78 is 6.99. The molecule has 0 spiro atoms. The maximum absolute atomic E-state index is 5.94. The molecule has 2 N–H and O–H groups in total. The Morgan fingerprint density at radius 2 is 1.95 bits per heavy atom. The molecule has 1 aliphatic rings. The van der Waals surface area contributed by atoms with Crippen molar-refractivity contribution in [1.82, 2.24) is 4.98 Å². The summed E-state index contributed by atoms with van der Waals surface area (Å²) in [4.78, 5) is 4.71. The molecule has 1 aromatic carbocycles. The molecular formula is C17H19BrN2O. The van der Waals surface area contributed by atoms with Gasteiger partial charge in [-0.2, -0.15) is 0 Å². The quantitative estimate of drug-likeness (QED) is 0.916. The van der Waals surface area contributed by atoms with E-state index in [4.69, 9.17) is 15.5 Å². The Kier molecular flexibility index (Phi) is 4.56. The lowest BCUT2D eigenvalue weighted by Crippen LogP contribution is -2.11. The third-order valence-electron chi connectivity index (χ3n) is 3.88. The summed E-state index contributed by atoms with van der Waals surface area (Å²) in [5, 5.41) is 0. The number of hydrogen-bond donors (Lipinski definition) is 1. The number of aryl methyl sites for hydroxylation is 2. The van der Waals surface area contributed by atoms with E-state index in [1.54, 1.807) is 0 Å². The van der Waals surface area contributed by atoms with Crippen molar-refractivity contribution >= 4 is 15.9 Å². The van der Waals surface area contributed by atoms with Crippen LogP contribution in [0.15, 0.2) is 34.8 Å². The first kappa shape index (κ1) is 14.5. The summed E-state index contributed by atoms with van der Waals surface area (Å²) in [5.41, 5.74) is 10.5. The first-order valence-electron chi connectivity index (χ1n) is 7.36. The topological polar surface area (TPSA) is 48.1 Å². The number of ether oxygens (including phenoxy) is 1. The summed E-state index contributed by atoms with van der Waals surface area (Å²) in [6, 6.07) is 10.2. The molecule has 0 bridgehead atoms. The largest absolute Gasteiger partial charge is 0.473 e. The lowest BCUT2D eigenvalue weighted by atomic mass is 9.95. The van der Waals surface area contributed by atoms with Crippen LogP contribution < -0.4 is 10.5 Å². The number of fused-ring (bicyclic) bond motifs is 1. The molecule has 3 nitrogen and oxygen atoms in total. The third-order valence-corrected chi connectivity index (χ3v) is 4.66. The van der Waals surface area contributed by atoms with Crippen LogP contribution in [0.3, 0.4) is 0 Å². The molecule has 0 amide bonds. The molecule has 0 aliphatic heterocycles. The van der Waals surface area contributed by atoms with Gasteiger partial charge in [-0.15, -0.1) is 0 Å². The highest BCUT2D eigenvalue weighted by atomic mass is 79.9. The smallest absolute Gasteiger partial charge is 0.218 e. The van der Waals surface area contributed by atoms with Crippen molar-refractivity contribution in [3.63, 3.8) is 0 Å². The predicted octanol–water partition coefficient (Wildman–Crippen LogP) is 3.76. The molecule has 21 heavy (non-hydrogen) atoms. The molecule has 0 radical (unpaired) electrons. The second kappa shape index (κ2) is 6.58. The minimum absolute atomic E-state index is 0.464. The predicted molar refractivity (Wildman–Crippen MR) is 87.2 cm³/mol. The molecule has 110 valence electrons. The Morgan fingerprint density at radius 3 is 2.76 bits per heavy atom. The fourth-order valence-electron chi connectivity index (χ4n) is 2.70. The van der Waals surface area contributed by atoms with E-state index in [2.05, 4.69) is 22.0 Å². The fraction of sp³-hybridized carbons (Fsp3) is 0.353. The van der Waals surface area contributed by atoms with Crippen molar-refractivity contribution < 1.29 is 4.74 Å². The van der Waals surface area contributed by atoms with Crippen LogP contribution in [0.5, 0.6) is 5.88 Å². The Balaban J connectivity index is 1.83. The third kappa shape index (κ3) is 3.27. The molecule has 0 atom stereocenters. The van der Waals surface area contributed by atoms with Crippen molar-refractivity contribution in [2.24, 2.45) is 5.73 Å². The molecule has 0 fully saturated rings. The lowest BCUT2D eigenvalue weighted by molar-refractivity contribution is 0.288. The van der Waals surface area contributed by atoms with Gasteiger partial charge in [-0.05, 0) is 43.4 Å². The van der Waals surface area contributed by atoms with E-state index in [-0.39, 0.29) is 0 Å². The number of pyridine rings is 1. The van der Waals surface area contributed by atoms with E-state index in [0.717, 1.165) is 28.4 Å². The first-order valence-corrected chi connectivity index (χ1v) is 8.15. The van der Waals surface area contributed by atoms with Gasteiger partial charge in [-0.25, -0.2) is 4.98 Å². The van der Waals surface area contributed by atoms with Crippen molar-refractivity contribution in [3.8, 4) is 5.88 Å². The van der Waals surface area contributed by atoms with E-state index in [1.807, 2.05) is 24.3 Å². The summed E-state index contributed by atoms with van der Waals surface area (Å²) in [6.07, 6.45) is 4.62. The number of benzene rings is 1. The fourth-order valence-corrected chi connectivity index (χ4v) is 3.09. The maximum Gasteiger partial charge on any atom is 0.218 e. The summed E-state index contributed by atoms with van der Waals surface area (Å²) in [5.74, 6) is 0.689. The van der Waals surface area contributed by atoms with Gasteiger partial charge in [0, 0.05) is 27.8 Å². The Hall–Kier alpha value is -1.39. The average molecular weight is 347 g/mol. The van der Waals surface area contributed by atoms with Crippen LogP contribution in [0.1, 0.15) is 35.2 Å². The highest BCUT2D eigenvalue weighted by Crippen LogP contribution is 2.27. The van der Waals surface area contributed by atoms with Crippen molar-refractivity contribution in [3.05, 3.63) is 57.2 Å². The van der Waals surface area contributed by atoms with Gasteiger partial charge < -0.3 is 10.5 Å². The van der Waals surface area contributed by atoms with Crippen LogP contribution in [0, 0.1) is 0 Å². The van der Waals surface area contributed by atoms with Gasteiger partial charge in [0.05, 0.1) is 0 Å². The SMILES string of the molecule is NCc1cc2c(nc1OCc1ccccc1Br)CCCC2. The molecule has 1 aliphatic carbocycles. The minimum Gasteiger partial charge on any atom is -0.473 e. The number of hydrogen-bond acceptors (Lipinski definition) is 3. The molecule has 1 aromatic heterocycles. The van der Waals surface area contributed by atoms with E-state index in [1.165, 1.54) is 24.1 Å². The van der Waals surface area contributed by atoms with E-state index in [9.17, 15) is 0 Å². The lowest BCUT2D eigenvalue weighted by Gasteiger charge is -2.18. The molecule has 4 heteroatoms. The second-order valence-corrected chi connectivity index (χ2v) is 6.20. The van der Waals surface area contributed by atoms with E-state index < -0.39 is 0 Å². The average Bonchev–Trinajstić information content (AvgIpc) is 2.53. The van der Waals surface area contributed by atoms with Crippen molar-refractivity contribution in [2.75, 3.05) is 0 Å². The minimum atomic E-state index is 0.464. The monoisotopic (exact) mass is 346 g/mol. The first-order chi connectivity index (χ1) is 10.3. The van der Waals surface area contributed by atoms with Gasteiger partial charge in [0.1, 0.15) is 6.61 Å². The zero-order chi connectivity index (χ0) is 14.7. The van der Waals surface area contributed by atoms with Gasteiger partial charge in [-0.3, -0.25) is 0 Å². The summed E-state index contributed by atoms with van der Waals surface area (Å²) in [6.45, 7) is 0.964. The van der Waals surface area contributed by atoms with Gasteiger partial charge in [0.25, 0.3) is 0 Å². The molecule has 0 saturated carbocycles. The normalized spacial score (nSPS) is 13.8. The van der Waals surface area contributed by atoms with Crippen LogP contribution >= 0.6 is 15.9 Å². The second-order valence-electron chi connectivity index (χ2n) is 5.35. The Labute approximate surface area is 133 Å². The molecule has 3 rings (SSSR count). The Morgan fingerprint density at radius 1 is 1.14 bits per heavy atom. The highest BCUT2D eigenvalue weighted by Gasteiger charge is 2.15. The van der Waals surface area contributed by atoms with Crippen LogP contribution in [0.4, 0.5) is 0 Å². The standard InChI is InChI=1S/C17H19BrN2O/c18-15-7-3-1-6-13(15)11-21-17-14(10-19)9-12-5-2-4-8-16(12)20-17/h1,3,6-7,9H,2,4-5,8,10-11,19H2. The van der Waals surface area contributed by atoms with Gasteiger partial charge in [0.15, 0.2) is 0 Å². The van der Waals surface area contributed by atoms with Crippen LogP contribution in [0.25, 0.3) is 0 Å². The number of nitrogens with two attached hydrogens (primary N) is 1. The summed E-state index contributed by atoms with van der Waals surface area (Å²) >= 11 is 3.54. The number of nitrogens with zero attached hydrogens (tertiary/aromatic N) is 1. The van der Waals surface area contributed by atoms with Crippen LogP contribution in [-0.4, -0.2) is 4.98 Å². The van der Waals surface area contributed by atoms with Crippen LogP contribution in [-0.2, 0) is 26.0 Å². The Bertz CT molecular complexity index is 643. The highest BCUT2D eigenvalue weighted by molar-refractivity contribution is 9.10. The number of rotatable bonds is 4. The van der Waals surface area contributed by atoms with Crippen molar-refractivity contribution in [2.45, 2.75) is 38.8 Å². The van der Waals surface area contributed by atoms with Crippen LogP contribution in [0.2, 0.25) is 0 Å². The van der Waals surface area contributed by atoms with E-state index >= 15 is 0 Å². The molecule has 0 saturated heterocycles. The molecule has 2 aromatic rings. The molecular weight excluding hydrogens is 328 g/mol. The molecule has 1 heterocycles. The summed E-state index contributed by atoms with van der Waals surface area (Å²) in [7, 11) is 0. The molecule has 0 unspecified atom stereocenters. The van der Waals surface area contributed by atoms with E-state index in [0.29, 0.717) is 19.0 Å². The van der Waals surface area contributed by atoms with Gasteiger partial charge in [-0.1, -0.05) is 34.1 Å².